The lowest BCUT2D eigenvalue weighted by atomic mass is 10.0. The number of hydrogen-bond acceptors (Lipinski definition) is 2. The monoisotopic (exact) mass is 352 g/mol. The lowest BCUT2D eigenvalue weighted by molar-refractivity contribution is -0.132. The van der Waals surface area contributed by atoms with Crippen molar-refractivity contribution in [3.8, 4) is 0 Å². The molecule has 0 aliphatic carbocycles. The van der Waals surface area contributed by atoms with Gasteiger partial charge in [-0.05, 0) is 24.1 Å². The van der Waals surface area contributed by atoms with Crippen molar-refractivity contribution >= 4 is 29.9 Å². The second kappa shape index (κ2) is 8.92. The summed E-state index contributed by atoms with van der Waals surface area (Å²) >= 11 is 6.21. The van der Waals surface area contributed by atoms with E-state index in [1.165, 1.54) is 0 Å². The molecule has 0 saturated carbocycles. The SMILES string of the molecule is CC(c1ccccc1Cl)N(C)C(=O)CC(N)c1ccccc1.Cl. The highest BCUT2D eigenvalue weighted by Crippen LogP contribution is 2.27. The smallest absolute Gasteiger partial charge is 0.224 e. The van der Waals surface area contributed by atoms with E-state index in [1.807, 2.05) is 61.5 Å². The van der Waals surface area contributed by atoms with Gasteiger partial charge in [-0.25, -0.2) is 0 Å². The maximum Gasteiger partial charge on any atom is 0.224 e. The van der Waals surface area contributed by atoms with Crippen LogP contribution in [0.1, 0.15) is 36.6 Å². The molecule has 5 heteroatoms. The van der Waals surface area contributed by atoms with E-state index in [0.717, 1.165) is 11.1 Å². The standard InChI is InChI=1S/C18H21ClN2O.ClH/c1-13(15-10-6-7-11-16(15)19)21(2)18(22)12-17(20)14-8-4-3-5-9-14;/h3-11,13,17H,12,20H2,1-2H3;1H. The van der Waals surface area contributed by atoms with Crippen LogP contribution in [0, 0.1) is 0 Å². The second-order valence-corrected chi connectivity index (χ2v) is 5.83. The van der Waals surface area contributed by atoms with Gasteiger partial charge >= 0.3 is 0 Å². The average molecular weight is 353 g/mol. The Balaban J connectivity index is 0.00000264. The molecular formula is C18H22Cl2N2O. The molecular weight excluding hydrogens is 331 g/mol. The molecule has 0 radical (unpaired) electrons. The van der Waals surface area contributed by atoms with Crippen molar-refractivity contribution in [1.29, 1.82) is 0 Å². The van der Waals surface area contributed by atoms with Gasteiger partial charge < -0.3 is 10.6 Å². The first-order chi connectivity index (χ1) is 10.5. The highest BCUT2D eigenvalue weighted by Gasteiger charge is 2.21. The Labute approximate surface area is 148 Å². The minimum absolute atomic E-state index is 0. The van der Waals surface area contributed by atoms with Crippen LogP contribution in [0.25, 0.3) is 0 Å². The quantitative estimate of drug-likeness (QED) is 0.868. The number of rotatable bonds is 5. The molecule has 23 heavy (non-hydrogen) atoms. The van der Waals surface area contributed by atoms with Crippen LogP contribution in [0.4, 0.5) is 0 Å². The minimum Gasteiger partial charge on any atom is -0.339 e. The molecule has 2 rings (SSSR count). The van der Waals surface area contributed by atoms with Crippen LogP contribution < -0.4 is 5.73 Å². The summed E-state index contributed by atoms with van der Waals surface area (Å²) in [5.41, 5.74) is 8.03. The zero-order valence-electron chi connectivity index (χ0n) is 13.3. The number of hydrogen-bond donors (Lipinski definition) is 1. The van der Waals surface area contributed by atoms with E-state index in [2.05, 4.69) is 0 Å². The molecule has 2 aromatic rings. The molecule has 2 atom stereocenters. The van der Waals surface area contributed by atoms with Gasteiger partial charge in [0.1, 0.15) is 0 Å². The Bertz CT molecular complexity index is 634. The van der Waals surface area contributed by atoms with Gasteiger partial charge in [0.15, 0.2) is 0 Å². The summed E-state index contributed by atoms with van der Waals surface area (Å²) in [5.74, 6) is 0.00349. The first-order valence-electron chi connectivity index (χ1n) is 7.31. The van der Waals surface area contributed by atoms with E-state index >= 15 is 0 Å². The number of nitrogens with zero attached hydrogens (tertiary/aromatic N) is 1. The second-order valence-electron chi connectivity index (χ2n) is 5.42. The van der Waals surface area contributed by atoms with E-state index in [0.29, 0.717) is 5.02 Å². The Morgan fingerprint density at radius 1 is 1.13 bits per heavy atom. The van der Waals surface area contributed by atoms with Gasteiger partial charge in [-0.15, -0.1) is 12.4 Å². The van der Waals surface area contributed by atoms with Crippen molar-refractivity contribution in [3.05, 3.63) is 70.7 Å². The Hall–Kier alpha value is -1.55. The topological polar surface area (TPSA) is 46.3 Å². The van der Waals surface area contributed by atoms with Gasteiger partial charge in [0.2, 0.25) is 5.91 Å². The zero-order valence-corrected chi connectivity index (χ0v) is 14.8. The third-order valence-electron chi connectivity index (χ3n) is 3.95. The zero-order chi connectivity index (χ0) is 16.1. The summed E-state index contributed by atoms with van der Waals surface area (Å²) in [6.45, 7) is 1.97. The molecule has 2 aromatic carbocycles. The van der Waals surface area contributed by atoms with Crippen LogP contribution in [0.15, 0.2) is 54.6 Å². The van der Waals surface area contributed by atoms with Gasteiger partial charge in [0.25, 0.3) is 0 Å². The predicted molar refractivity (Wildman–Crippen MR) is 97.9 cm³/mol. The first-order valence-corrected chi connectivity index (χ1v) is 7.69. The van der Waals surface area contributed by atoms with Crippen molar-refractivity contribution in [2.45, 2.75) is 25.4 Å². The van der Waals surface area contributed by atoms with Crippen LogP contribution in [0.2, 0.25) is 5.02 Å². The molecule has 1 amide bonds. The molecule has 0 spiro atoms. The molecule has 0 saturated heterocycles. The van der Waals surface area contributed by atoms with Crippen LogP contribution in [-0.4, -0.2) is 17.9 Å². The molecule has 0 fully saturated rings. The minimum atomic E-state index is -0.297. The van der Waals surface area contributed by atoms with Crippen molar-refractivity contribution < 1.29 is 4.79 Å². The third-order valence-corrected chi connectivity index (χ3v) is 4.30. The molecule has 0 bridgehead atoms. The number of halogens is 2. The van der Waals surface area contributed by atoms with Crippen LogP contribution in [-0.2, 0) is 4.79 Å². The van der Waals surface area contributed by atoms with Crippen molar-refractivity contribution in [2.75, 3.05) is 7.05 Å². The Morgan fingerprint density at radius 2 is 1.70 bits per heavy atom. The molecule has 0 aliphatic rings. The van der Waals surface area contributed by atoms with Crippen LogP contribution in [0.5, 0.6) is 0 Å². The first kappa shape index (κ1) is 19.5. The number of benzene rings is 2. The number of carbonyl (C=O) groups is 1. The number of nitrogens with two attached hydrogens (primary N) is 1. The van der Waals surface area contributed by atoms with E-state index < -0.39 is 0 Å². The Morgan fingerprint density at radius 3 is 2.30 bits per heavy atom. The number of amides is 1. The summed E-state index contributed by atoms with van der Waals surface area (Å²) in [6, 6.07) is 16.9. The lowest BCUT2D eigenvalue weighted by Crippen LogP contribution is -2.32. The summed E-state index contributed by atoms with van der Waals surface area (Å²) in [4.78, 5) is 14.2. The van der Waals surface area contributed by atoms with Gasteiger partial charge in [0, 0.05) is 24.5 Å². The van der Waals surface area contributed by atoms with Gasteiger partial charge in [-0.2, -0.15) is 0 Å². The molecule has 3 nitrogen and oxygen atoms in total. The molecule has 2 N–H and O–H groups in total. The van der Waals surface area contributed by atoms with Gasteiger partial charge in [-0.3, -0.25) is 4.79 Å². The van der Waals surface area contributed by atoms with E-state index in [9.17, 15) is 4.79 Å². The maximum atomic E-state index is 12.5. The summed E-state index contributed by atoms with van der Waals surface area (Å²) in [7, 11) is 1.79. The summed E-state index contributed by atoms with van der Waals surface area (Å²) < 4.78 is 0. The summed E-state index contributed by atoms with van der Waals surface area (Å²) in [6.07, 6.45) is 0.273. The third kappa shape index (κ3) is 4.96. The normalized spacial score (nSPS) is 12.9. The summed E-state index contributed by atoms with van der Waals surface area (Å²) in [5, 5.41) is 0.669. The van der Waals surface area contributed by atoms with E-state index in [4.69, 9.17) is 17.3 Å². The van der Waals surface area contributed by atoms with Crippen molar-refractivity contribution in [3.63, 3.8) is 0 Å². The molecule has 0 aliphatic heterocycles. The lowest BCUT2D eigenvalue weighted by Gasteiger charge is -2.27. The fourth-order valence-electron chi connectivity index (χ4n) is 2.39. The fraction of sp³-hybridized carbons (Fsp3) is 0.278. The fourth-order valence-corrected chi connectivity index (χ4v) is 2.68. The van der Waals surface area contributed by atoms with E-state index in [-0.39, 0.29) is 36.8 Å². The van der Waals surface area contributed by atoms with Gasteiger partial charge in [0.05, 0.1) is 6.04 Å². The number of carbonyl (C=O) groups excluding carboxylic acids is 1. The molecule has 124 valence electrons. The molecule has 2 unspecified atom stereocenters. The highest BCUT2D eigenvalue weighted by molar-refractivity contribution is 6.31. The largest absolute Gasteiger partial charge is 0.339 e. The average Bonchev–Trinajstić information content (AvgIpc) is 2.54. The Kier molecular flexibility index (Phi) is 7.56. The molecule has 0 aromatic heterocycles. The van der Waals surface area contributed by atoms with Crippen molar-refractivity contribution in [2.24, 2.45) is 5.73 Å². The molecule has 0 heterocycles. The van der Waals surface area contributed by atoms with E-state index in [1.54, 1.807) is 11.9 Å². The maximum absolute atomic E-state index is 12.5. The van der Waals surface area contributed by atoms with Crippen molar-refractivity contribution in [1.82, 2.24) is 4.90 Å². The van der Waals surface area contributed by atoms with Gasteiger partial charge in [-0.1, -0.05) is 60.1 Å². The van der Waals surface area contributed by atoms with Crippen LogP contribution in [0.3, 0.4) is 0 Å². The predicted octanol–water partition coefficient (Wildman–Crippen LogP) is 4.37. The highest BCUT2D eigenvalue weighted by atomic mass is 35.5. The van der Waals surface area contributed by atoms with Crippen LogP contribution >= 0.6 is 24.0 Å².